The van der Waals surface area contributed by atoms with Gasteiger partial charge in [0.25, 0.3) is 41.2 Å². The zero-order valence-electron chi connectivity index (χ0n) is 150. The van der Waals surface area contributed by atoms with E-state index in [0.717, 1.165) is 65.9 Å². The van der Waals surface area contributed by atoms with Crippen molar-refractivity contribution < 1.29 is 197 Å². The van der Waals surface area contributed by atoms with E-state index in [1.165, 1.54) is 19.6 Å². The van der Waals surface area contributed by atoms with Crippen LogP contribution in [0.25, 0.3) is 0 Å². The van der Waals surface area contributed by atoms with Crippen LogP contribution >= 0.6 is 82.1 Å². The lowest BCUT2D eigenvalue weighted by Crippen LogP contribution is -2.42. The quantitative estimate of drug-likeness (QED) is 0.0260. The molecular formula is C91H168N28O21S7. The van der Waals surface area contributed by atoms with Crippen molar-refractivity contribution in [1.82, 2.24) is 98.4 Å². The molecule has 49 nitrogen and oxygen atoms in total. The highest BCUT2D eigenvalue weighted by Crippen LogP contribution is 2.34. The summed E-state index contributed by atoms with van der Waals surface area (Å²) in [7, 11) is 0. The van der Waals surface area contributed by atoms with E-state index in [4.69, 9.17) is 161 Å². The van der Waals surface area contributed by atoms with Crippen molar-refractivity contribution in [2.24, 2.45) is 0 Å². The molecule has 0 aromatic carbocycles. The number of β-amino-alcohol motifs (C(OH)–C–C–N with tert-alkyl or cyclic N) is 7. The van der Waals surface area contributed by atoms with Crippen LogP contribution in [-0.2, 0) is 33.2 Å². The molecule has 0 radical (unpaired) electrons. The molecule has 7 fully saturated rings. The molecule has 0 aliphatic carbocycles. The van der Waals surface area contributed by atoms with E-state index in [-0.39, 0.29) is 104 Å². The van der Waals surface area contributed by atoms with Crippen molar-refractivity contribution in [2.75, 3.05) is 309 Å². The summed E-state index contributed by atoms with van der Waals surface area (Å²) in [5.41, 5.74) is -12.2. The molecule has 0 unspecified atom stereocenters. The third kappa shape index (κ3) is 52.2. The van der Waals surface area contributed by atoms with Gasteiger partial charge in [0.15, 0.2) is 0 Å². The first-order valence-electron chi connectivity index (χ1n) is 77.5. The van der Waals surface area contributed by atoms with Gasteiger partial charge in [-0.25, -0.2) is 0 Å². The number of aliphatic hydroxyl groups is 7. The van der Waals surface area contributed by atoms with Gasteiger partial charge in [0.05, 0.1) is 225 Å². The fourth-order valence-electron chi connectivity index (χ4n) is 9.64. The number of hydrogen-bond donors (Lipinski definition) is 14. The van der Waals surface area contributed by atoms with E-state index in [9.17, 15) is 35.7 Å². The van der Waals surface area contributed by atoms with Gasteiger partial charge in [0, 0.05) is 220 Å². The Balaban J connectivity index is 0.000000299. The van der Waals surface area contributed by atoms with E-state index < -0.39 is 390 Å². The van der Waals surface area contributed by atoms with Crippen LogP contribution in [-0.4, -0.2) is 454 Å². The number of hydrogen-bond acceptors (Lipinski definition) is 56. The predicted octanol–water partition coefficient (Wildman–Crippen LogP) is 3.52. The van der Waals surface area contributed by atoms with E-state index in [1.54, 1.807) is 62.3 Å². The van der Waals surface area contributed by atoms with Gasteiger partial charge in [-0.15, -0.1) is 30.6 Å². The summed E-state index contributed by atoms with van der Waals surface area (Å²) in [5, 5.41) is 88.2. The lowest BCUT2D eigenvalue weighted by atomic mass is 10.1. The average molecular weight is 2280 g/mol. The standard InChI is InChI=1S/7C13H24N4O3S/c7*1-13(2,3)14-8-10(18)9-20-12-11(15-21-16-12)17-4-6-19-7-5-17/h7*10,14,18H,4-9H2,1-3H3/t7*10-/m0000000/s1/i6D2,7D2,8D2,9D2,10D;1D3,2D3,6D2,7D2,10D;1D3,2D3,6D2,7D2,9D2;1D3,2D3,6D2,7D2,8D2;6D2,7D2,8D2,10D;6D2,7D2,8D2,9D2;1D3,2D3,6D2,7D2. The van der Waals surface area contributed by atoms with Crippen molar-refractivity contribution in [3.8, 4) is 41.2 Å². The third-order valence-corrected chi connectivity index (χ3v) is 19.8. The van der Waals surface area contributed by atoms with Crippen molar-refractivity contribution in [1.29, 1.82) is 0 Å². The van der Waals surface area contributed by atoms with Crippen LogP contribution in [0.15, 0.2) is 0 Å². The molecule has 14 heterocycles. The molecule has 0 bridgehead atoms. The van der Waals surface area contributed by atoms with Crippen molar-refractivity contribution in [3.63, 3.8) is 0 Å². The summed E-state index contributed by atoms with van der Waals surface area (Å²) in [6.07, 6.45) is -16.3. The van der Waals surface area contributed by atoms with Crippen LogP contribution in [0, 0.1) is 0 Å². The highest BCUT2D eigenvalue weighted by atomic mass is 32.1. The topological polar surface area (TPSA) is 558 Å². The normalized spacial score (nSPS) is 31.6. The molecule has 0 spiro atoms. The zero-order valence-corrected chi connectivity index (χ0v) is 87.0. The molecule has 7 aliphatic heterocycles. The number of aromatic nitrogens is 14. The summed E-state index contributed by atoms with van der Waals surface area (Å²) in [6.45, 7) is -68.6. The number of nitrogens with zero attached hydrogens (tertiary/aromatic N) is 21. The molecule has 7 saturated heterocycles. The lowest BCUT2D eigenvalue weighted by Gasteiger charge is -2.27. The molecule has 0 amide bonds. The number of morpholine rings is 7. The smallest absolute Gasteiger partial charge is 0.270 e. The fourth-order valence-corrected chi connectivity index (χ4v) is 13.2. The second-order valence-corrected chi connectivity index (χ2v) is 37.4. The molecule has 7 aromatic heterocycles. The van der Waals surface area contributed by atoms with Gasteiger partial charge in [0.1, 0.15) is 88.8 Å². The maximum Gasteiger partial charge on any atom is 0.270 e. The van der Waals surface area contributed by atoms with E-state index in [1.807, 2.05) is 5.32 Å². The molecule has 56 heteroatoms. The molecule has 147 heavy (non-hydrogen) atoms. The summed E-state index contributed by atoms with van der Waals surface area (Å²) in [4.78, 5) is 8.30. The maximum atomic E-state index is 10.4. The monoisotopic (exact) mass is 2280 g/mol. The minimum atomic E-state index is -3.44. The molecule has 7 aromatic rings. The third-order valence-electron chi connectivity index (χ3n) is 16.3. The first-order valence-corrected chi connectivity index (χ1v) is 48.2. The second kappa shape index (κ2) is 64.4. The van der Waals surface area contributed by atoms with Crippen molar-refractivity contribution in [2.45, 2.75) is 226 Å². The zero-order chi connectivity index (χ0) is 167. The minimum absolute atomic E-state index is 0.0235. The molecular weight excluding hydrogens is 2050 g/mol. The maximum absolute atomic E-state index is 10.4. The Labute approximate surface area is 993 Å². The molecule has 7 atom stereocenters. The molecule has 0 saturated carbocycles. The Kier molecular flexibility index (Phi) is 25.5. The molecule has 14 rings (SSSR count). The first kappa shape index (κ1) is 58.2. The van der Waals surface area contributed by atoms with Gasteiger partial charge in [0.2, 0.25) is 40.7 Å². The van der Waals surface area contributed by atoms with Crippen LogP contribution in [0.5, 0.6) is 41.2 Å². The van der Waals surface area contributed by atoms with Gasteiger partial charge in [-0.05, 0) is 145 Å². The summed E-state index contributed by atoms with van der Waals surface area (Å²) >= 11 is 4.53. The molecule has 840 valence electrons. The van der Waals surface area contributed by atoms with Gasteiger partial charge < -0.3 is 174 Å². The highest BCUT2D eigenvalue weighted by Gasteiger charge is 2.31. The van der Waals surface area contributed by atoms with Crippen molar-refractivity contribution >= 4 is 123 Å². The van der Waals surface area contributed by atoms with E-state index >= 15 is 0 Å². The molecule has 14 N–H and O–H groups in total. The van der Waals surface area contributed by atoms with Crippen LogP contribution < -0.4 is 105 Å². The van der Waals surface area contributed by atoms with Crippen LogP contribution in [0.4, 0.5) is 40.7 Å². The number of ether oxygens (including phenoxy) is 14. The van der Waals surface area contributed by atoms with E-state index in [2.05, 4.69) is 93.1 Å². The first-order chi connectivity index (χ1) is 95.7. The van der Waals surface area contributed by atoms with Crippen molar-refractivity contribution in [3.05, 3.63) is 0 Å². The number of nitrogens with one attached hydrogen (secondary N) is 7. The Hall–Kier alpha value is -6.72. The average Bonchev–Trinajstić information content (AvgIpc) is 1.15. The highest BCUT2D eigenvalue weighted by molar-refractivity contribution is 7.01. The predicted molar refractivity (Wildman–Crippen MR) is 575 cm³/mol. The summed E-state index contributed by atoms with van der Waals surface area (Å²) in [6, 6.07) is 0. The van der Waals surface area contributed by atoms with Crippen LogP contribution in [0.1, 0.15) is 239 Å². The Morgan fingerprint density at radius 3 is 0.755 bits per heavy atom. The summed E-state index contributed by atoms with van der Waals surface area (Å²) in [5.74, 6) is -2.65. The Bertz CT molecular complexity index is 7730. The number of anilines is 7. The fraction of sp³-hybridized carbons (Fsp3) is 0.846. The van der Waals surface area contributed by atoms with Gasteiger partial charge in [-0.3, -0.25) is 0 Å². The van der Waals surface area contributed by atoms with Gasteiger partial charge in [-0.1, -0.05) is 0 Å². The summed E-state index contributed by atoms with van der Waals surface area (Å²) < 4.78 is 656. The number of rotatable bonds is 42. The SMILES string of the molecule is [2H]C1([2H])CN(c2nsnc2OC([2H])([2H])[C@@H](O)C([2H])([2H])NC(C)(C)C)CC([2H])([2H])O1.[2H]C1([2H])CN(c2nsnc2OC([2H])([2H])[C@@H](O)CNC(C)(C([2H])([2H])[2H])C([2H])([2H])[2H])CC([2H])([2H])O1.[2H]C1([2H])CN(c2nsnc2OC([2H])([2H])[C@@]([2H])(O)C([2H])([2H])NC(C)(C)C)CC([2H])([2H])O1.[2H]C1([2H])CN(c2nsnc2OC[C@@H](O)C([2H])([2H])NC(C)(C([2H])([2H])[2H])C([2H])([2H])[2H])CC([2H])([2H])O1.[2H]C1([2H])CN(c2nsnc2OC[C@@H](O)CNC(C)(C([2H])([2H])[2H])C([2H])([2H])[2H])CC([2H])([2H])O1.[2H]C1([2H])CN(c2nsnc2OC[C@@]([2H])(O)C([2H])([2H])NC(C)(C)C)CC([2H])([2H])O1.[2H]C1([2H])CN(c2nsnc2OC[C@@]([2H])(O)CNC(C)(C([2H])([2H])[2H])C([2H])([2H])[2H])CC([2H])([2H])O1. The van der Waals surface area contributed by atoms with Crippen LogP contribution in [0.2, 0.25) is 0 Å². The van der Waals surface area contributed by atoms with Gasteiger partial charge >= 0.3 is 0 Å². The second-order valence-electron chi connectivity index (χ2n) is 33.7. The Morgan fingerprint density at radius 1 is 0.259 bits per heavy atom. The minimum Gasteiger partial charge on any atom is -0.472 e. The lowest BCUT2D eigenvalue weighted by molar-refractivity contribution is 0.0974. The Morgan fingerprint density at radius 2 is 0.469 bits per heavy atom. The van der Waals surface area contributed by atoms with Crippen LogP contribution in [0.3, 0.4) is 0 Å². The van der Waals surface area contributed by atoms with Gasteiger partial charge in [-0.2, -0.15) is 30.6 Å². The molecule has 7 aliphatic rings. The largest absolute Gasteiger partial charge is 0.472 e. The van der Waals surface area contributed by atoms with E-state index in [0.29, 0.717) is 58.6 Å². The number of aliphatic hydroxyl groups excluding tert-OH is 4.